The normalized spacial score (nSPS) is 11.3. The lowest BCUT2D eigenvalue weighted by Gasteiger charge is -2.17. The average molecular weight is 631 g/mol. The Hall–Kier alpha value is -5.32. The number of aromatic amines is 1. The van der Waals surface area contributed by atoms with E-state index in [9.17, 15) is 19.2 Å². The first kappa shape index (κ1) is 33.6. The first-order valence-electron chi connectivity index (χ1n) is 15.2. The van der Waals surface area contributed by atoms with E-state index in [1.807, 2.05) is 48.5 Å². The van der Waals surface area contributed by atoms with E-state index in [1.54, 1.807) is 36.5 Å². The van der Waals surface area contributed by atoms with Crippen LogP contribution >= 0.6 is 0 Å². The van der Waals surface area contributed by atoms with Gasteiger partial charge in [0.25, 0.3) is 0 Å². The highest BCUT2D eigenvalue weighted by molar-refractivity contribution is 5.88. The number of alkyl carbamates (subject to hydrolysis) is 1. The van der Waals surface area contributed by atoms with Crippen molar-refractivity contribution in [1.29, 1.82) is 0 Å². The van der Waals surface area contributed by atoms with Crippen LogP contribution in [0.2, 0.25) is 0 Å². The van der Waals surface area contributed by atoms with E-state index in [4.69, 9.17) is 23.7 Å². The van der Waals surface area contributed by atoms with Crippen molar-refractivity contribution in [2.75, 3.05) is 13.2 Å². The molecular weight excluding hydrogens is 592 g/mol. The second kappa shape index (κ2) is 17.8. The van der Waals surface area contributed by atoms with E-state index in [2.05, 4.69) is 17.2 Å². The lowest BCUT2D eigenvalue weighted by Crippen LogP contribution is -2.44. The van der Waals surface area contributed by atoms with Crippen LogP contribution in [-0.4, -0.2) is 48.4 Å². The molecule has 0 aliphatic carbocycles. The fraction of sp³-hybridized carbons (Fsp3) is 0.314. The number of hydrogen-bond acceptors (Lipinski definition) is 9. The molecule has 11 heteroatoms. The van der Waals surface area contributed by atoms with E-state index in [-0.39, 0.29) is 32.0 Å². The Morgan fingerprint density at radius 3 is 2.17 bits per heavy atom. The zero-order valence-corrected chi connectivity index (χ0v) is 25.7. The van der Waals surface area contributed by atoms with Gasteiger partial charge >= 0.3 is 24.2 Å². The highest BCUT2D eigenvalue weighted by Gasteiger charge is 2.26. The second-order valence-corrected chi connectivity index (χ2v) is 10.5. The summed E-state index contributed by atoms with van der Waals surface area (Å²) >= 11 is 0. The Morgan fingerprint density at radius 2 is 1.48 bits per heavy atom. The Balaban J connectivity index is 1.40. The molecule has 0 aliphatic heterocycles. The molecule has 4 aromatic rings. The van der Waals surface area contributed by atoms with Crippen LogP contribution in [-0.2, 0) is 48.2 Å². The van der Waals surface area contributed by atoms with Crippen molar-refractivity contribution in [3.63, 3.8) is 0 Å². The molecule has 46 heavy (non-hydrogen) atoms. The van der Waals surface area contributed by atoms with Gasteiger partial charge in [0.05, 0.1) is 6.61 Å². The molecule has 0 fully saturated rings. The molecule has 1 heterocycles. The standard InChI is InChI=1S/C35H38N2O9/c1-2-3-4-11-18-42-32(38)24-43-33(39)31(37-34(40)44-22-25-12-7-5-8-13-25)19-27-21-36-30-17-16-28(20-29(27)30)46-35(41)45-23-26-14-9-6-10-15-26/h5-10,12-17,20-21,31,36H,2-4,11,18-19,22-24H2,1H3,(H,37,40). The molecule has 1 atom stereocenters. The van der Waals surface area contributed by atoms with Crippen molar-refractivity contribution in [1.82, 2.24) is 10.3 Å². The fourth-order valence-electron chi connectivity index (χ4n) is 4.54. The minimum atomic E-state index is -1.21. The van der Waals surface area contributed by atoms with E-state index < -0.39 is 36.8 Å². The SMILES string of the molecule is CCCCCCOC(=O)COC(=O)C(Cc1c[nH]c2ccc(OC(=O)OCc3ccccc3)cc12)NC(=O)OCc1ccccc1. The molecule has 4 rings (SSSR count). The minimum Gasteiger partial charge on any atom is -0.463 e. The predicted octanol–water partition coefficient (Wildman–Crippen LogP) is 6.39. The van der Waals surface area contributed by atoms with Crippen molar-refractivity contribution in [2.24, 2.45) is 0 Å². The Kier molecular flexibility index (Phi) is 13.0. The van der Waals surface area contributed by atoms with Gasteiger partial charge in [-0.1, -0.05) is 86.8 Å². The van der Waals surface area contributed by atoms with Gasteiger partial charge in [0.1, 0.15) is 25.0 Å². The van der Waals surface area contributed by atoms with Crippen molar-refractivity contribution in [3.8, 4) is 5.75 Å². The maximum absolute atomic E-state index is 13.1. The number of fused-ring (bicyclic) bond motifs is 1. The molecule has 1 unspecified atom stereocenters. The number of unbranched alkanes of at least 4 members (excludes halogenated alkanes) is 3. The molecule has 11 nitrogen and oxygen atoms in total. The molecule has 1 amide bonds. The van der Waals surface area contributed by atoms with E-state index in [0.29, 0.717) is 16.5 Å². The monoisotopic (exact) mass is 630 g/mol. The van der Waals surface area contributed by atoms with Crippen LogP contribution in [0.25, 0.3) is 10.9 Å². The van der Waals surface area contributed by atoms with Crippen LogP contribution in [0.5, 0.6) is 5.75 Å². The summed E-state index contributed by atoms with van der Waals surface area (Å²) in [5.74, 6) is -1.29. The van der Waals surface area contributed by atoms with Crippen LogP contribution in [0.3, 0.4) is 0 Å². The van der Waals surface area contributed by atoms with E-state index in [0.717, 1.165) is 36.8 Å². The number of hydrogen-bond donors (Lipinski definition) is 2. The van der Waals surface area contributed by atoms with Crippen LogP contribution in [0, 0.1) is 0 Å². The average Bonchev–Trinajstić information content (AvgIpc) is 3.47. The lowest BCUT2D eigenvalue weighted by atomic mass is 10.0. The zero-order chi connectivity index (χ0) is 32.6. The third-order valence-electron chi connectivity index (χ3n) is 6.95. The maximum atomic E-state index is 13.1. The number of carbonyl (C=O) groups is 4. The van der Waals surface area contributed by atoms with Gasteiger partial charge in [-0.25, -0.2) is 19.2 Å². The van der Waals surface area contributed by atoms with Crippen LogP contribution in [0.4, 0.5) is 9.59 Å². The Labute approximate surface area is 267 Å². The predicted molar refractivity (Wildman–Crippen MR) is 169 cm³/mol. The maximum Gasteiger partial charge on any atom is 0.514 e. The van der Waals surface area contributed by atoms with Gasteiger partial charge in [-0.05, 0) is 41.3 Å². The Morgan fingerprint density at radius 1 is 0.783 bits per heavy atom. The van der Waals surface area contributed by atoms with Crippen molar-refractivity contribution < 1.29 is 42.9 Å². The number of esters is 2. The number of amides is 1. The lowest BCUT2D eigenvalue weighted by molar-refractivity contribution is -0.160. The molecule has 1 aromatic heterocycles. The summed E-state index contributed by atoms with van der Waals surface area (Å²) in [6, 6.07) is 22.0. The number of H-pyrrole nitrogens is 1. The van der Waals surface area contributed by atoms with Crippen molar-refractivity contribution in [2.45, 2.75) is 58.3 Å². The molecule has 242 valence electrons. The Bertz CT molecular complexity index is 1570. The van der Waals surface area contributed by atoms with Gasteiger partial charge in [0.15, 0.2) is 6.61 Å². The first-order valence-corrected chi connectivity index (χ1v) is 15.2. The third-order valence-corrected chi connectivity index (χ3v) is 6.95. The largest absolute Gasteiger partial charge is 0.514 e. The first-order chi connectivity index (χ1) is 22.4. The number of rotatable bonds is 16. The van der Waals surface area contributed by atoms with Gasteiger partial charge in [0.2, 0.25) is 0 Å². The zero-order valence-electron chi connectivity index (χ0n) is 25.7. The summed E-state index contributed by atoms with van der Waals surface area (Å²) in [6.07, 6.45) is 3.70. The van der Waals surface area contributed by atoms with Crippen molar-refractivity contribution >= 4 is 35.1 Å². The molecule has 0 saturated heterocycles. The van der Waals surface area contributed by atoms with Gasteiger partial charge < -0.3 is 34.0 Å². The second-order valence-electron chi connectivity index (χ2n) is 10.5. The molecule has 3 aromatic carbocycles. The summed E-state index contributed by atoms with van der Waals surface area (Å²) in [6.45, 7) is 1.78. The van der Waals surface area contributed by atoms with Crippen LogP contribution < -0.4 is 10.1 Å². The summed E-state index contributed by atoms with van der Waals surface area (Å²) < 4.78 is 26.3. The quantitative estimate of drug-likeness (QED) is 0.0623. The fourth-order valence-corrected chi connectivity index (χ4v) is 4.54. The van der Waals surface area contributed by atoms with Crippen molar-refractivity contribution in [3.05, 3.63) is 102 Å². The number of nitrogens with one attached hydrogen (secondary N) is 2. The molecule has 0 spiro atoms. The topological polar surface area (TPSA) is 142 Å². The molecule has 0 bridgehead atoms. The molecular formula is C35H38N2O9. The number of aromatic nitrogens is 1. The highest BCUT2D eigenvalue weighted by Crippen LogP contribution is 2.25. The van der Waals surface area contributed by atoms with Crippen LogP contribution in [0.1, 0.15) is 49.3 Å². The van der Waals surface area contributed by atoms with Gasteiger partial charge in [-0.3, -0.25) is 0 Å². The summed E-state index contributed by atoms with van der Waals surface area (Å²) in [7, 11) is 0. The van der Waals surface area contributed by atoms with Gasteiger partial charge in [-0.15, -0.1) is 0 Å². The smallest absolute Gasteiger partial charge is 0.463 e. The molecule has 2 N–H and O–H groups in total. The number of ether oxygens (including phenoxy) is 5. The number of carbonyl (C=O) groups excluding carboxylic acids is 4. The molecule has 0 aliphatic rings. The van der Waals surface area contributed by atoms with Gasteiger partial charge in [0, 0.05) is 23.5 Å². The van der Waals surface area contributed by atoms with Crippen LogP contribution in [0.15, 0.2) is 85.1 Å². The summed E-state index contributed by atoms with van der Waals surface area (Å²) in [5, 5.41) is 3.19. The summed E-state index contributed by atoms with van der Waals surface area (Å²) in [4.78, 5) is 53.4. The third kappa shape index (κ3) is 11.0. The van der Waals surface area contributed by atoms with Gasteiger partial charge in [-0.2, -0.15) is 0 Å². The van der Waals surface area contributed by atoms with E-state index >= 15 is 0 Å². The summed E-state index contributed by atoms with van der Waals surface area (Å²) in [5.41, 5.74) is 2.90. The highest BCUT2D eigenvalue weighted by atomic mass is 16.7. The molecule has 0 saturated carbocycles. The minimum absolute atomic E-state index is 0.00699. The molecule has 0 radical (unpaired) electrons. The number of benzene rings is 3. The van der Waals surface area contributed by atoms with E-state index in [1.165, 1.54) is 0 Å².